The number of esters is 2. The molecule has 0 N–H and O–H groups in total. The average molecular weight is 954 g/mol. The summed E-state index contributed by atoms with van der Waals surface area (Å²) in [6.07, 6.45) is 57.0. The van der Waals surface area contributed by atoms with E-state index in [1.807, 2.05) is 12.2 Å². The van der Waals surface area contributed by atoms with Crippen molar-refractivity contribution in [3.8, 4) is 0 Å². The molecule has 1 rings (SSSR count). The quantitative estimate of drug-likeness (QED) is 0.0210. The Morgan fingerprint density at radius 3 is 0.923 bits per heavy atom. The molecule has 0 atom stereocenters. The van der Waals surface area contributed by atoms with Crippen molar-refractivity contribution in [3.05, 3.63) is 54.6 Å². The molecule has 0 unspecified atom stereocenters. The standard InChI is InChI=1S/C56H98O7S.K/c1-3-5-7-9-11-13-15-17-19-21-23-25-27-29-31-33-35-37-39-41-43-45-50-62-55(57)52-48-47-49-53(64(59,60)61)54(52)56(58)63-51-46-44-42-40-38-36-34-32-30-28-26-24-22-20-18-16-14-12-10-8-6-4-2;/h3-4,47-49H,1-2,5-46,50-51H2,(H,59,60,61);/q;+1/p-1. The van der Waals surface area contributed by atoms with Crippen LogP contribution in [-0.4, -0.2) is 38.1 Å². The van der Waals surface area contributed by atoms with Gasteiger partial charge in [0.1, 0.15) is 10.1 Å². The first-order chi connectivity index (χ1) is 31.3. The van der Waals surface area contributed by atoms with E-state index in [1.165, 1.54) is 218 Å². The number of rotatable bonds is 49. The number of hydrogen-bond donors (Lipinski definition) is 0. The van der Waals surface area contributed by atoms with E-state index in [4.69, 9.17) is 9.47 Å². The summed E-state index contributed by atoms with van der Waals surface area (Å²) in [7, 11) is -5.02. The van der Waals surface area contributed by atoms with Crippen molar-refractivity contribution in [3.63, 3.8) is 0 Å². The maximum Gasteiger partial charge on any atom is 1.00 e. The van der Waals surface area contributed by atoms with Crippen molar-refractivity contribution in [2.45, 2.75) is 275 Å². The van der Waals surface area contributed by atoms with Gasteiger partial charge in [-0.1, -0.05) is 249 Å². The fourth-order valence-electron chi connectivity index (χ4n) is 8.75. The maximum absolute atomic E-state index is 13.1. The maximum atomic E-state index is 13.1. The molecular weight excluding hydrogens is 856 g/mol. The average Bonchev–Trinajstić information content (AvgIpc) is 3.28. The summed E-state index contributed by atoms with van der Waals surface area (Å²) in [5.74, 6) is -1.80. The molecular formula is C56H97KO7S. The number of unbranched alkanes of at least 4 members (excludes halogenated alkanes) is 40. The number of allylic oxidation sites excluding steroid dienone is 2. The van der Waals surface area contributed by atoms with Crippen LogP contribution in [0.4, 0.5) is 0 Å². The number of carbonyl (C=O) groups excluding carboxylic acids is 2. The topological polar surface area (TPSA) is 110 Å². The molecule has 0 spiro atoms. The second-order valence-corrected chi connectivity index (χ2v) is 20.0. The predicted molar refractivity (Wildman–Crippen MR) is 269 cm³/mol. The SMILES string of the molecule is C=CCCCCCCCCCCCCCCCCCCCCCCOC(=O)c1cccc(S(=O)(=O)[O-])c1C(=O)OCCCCCCCCCCCCCCCCCCCCCCC=C.[K+]. The van der Waals surface area contributed by atoms with Crippen molar-refractivity contribution in [1.29, 1.82) is 0 Å². The molecule has 0 heterocycles. The summed E-state index contributed by atoms with van der Waals surface area (Å²) >= 11 is 0. The molecule has 0 saturated heterocycles. The fourth-order valence-corrected chi connectivity index (χ4v) is 9.43. The molecule has 1 aromatic carbocycles. The molecule has 370 valence electrons. The van der Waals surface area contributed by atoms with Crippen LogP contribution in [0.2, 0.25) is 0 Å². The third-order valence-electron chi connectivity index (χ3n) is 12.8. The molecule has 0 saturated carbocycles. The number of carbonyl (C=O) groups is 2. The van der Waals surface area contributed by atoms with Crippen LogP contribution in [0.15, 0.2) is 48.4 Å². The Morgan fingerprint density at radius 1 is 0.415 bits per heavy atom. The van der Waals surface area contributed by atoms with Crippen LogP contribution in [0, 0.1) is 0 Å². The van der Waals surface area contributed by atoms with Crippen LogP contribution in [0.5, 0.6) is 0 Å². The number of ether oxygens (including phenoxy) is 2. The molecule has 0 aliphatic heterocycles. The molecule has 9 heteroatoms. The Hall–Kier alpha value is -0.814. The predicted octanol–water partition coefficient (Wildman–Crippen LogP) is 14.7. The van der Waals surface area contributed by atoms with E-state index in [2.05, 4.69) is 13.2 Å². The normalized spacial score (nSPS) is 11.3. The van der Waals surface area contributed by atoms with Crippen molar-refractivity contribution in [1.82, 2.24) is 0 Å². The van der Waals surface area contributed by atoms with E-state index in [0.717, 1.165) is 57.4 Å². The molecule has 0 amide bonds. The second-order valence-electron chi connectivity index (χ2n) is 18.7. The van der Waals surface area contributed by atoms with Gasteiger partial charge in [-0.15, -0.1) is 13.2 Å². The minimum atomic E-state index is -5.02. The molecule has 1 aromatic rings. The van der Waals surface area contributed by atoms with E-state index in [9.17, 15) is 22.6 Å². The van der Waals surface area contributed by atoms with Crippen LogP contribution >= 0.6 is 0 Å². The minimum absolute atomic E-state index is 0. The van der Waals surface area contributed by atoms with Crippen LogP contribution < -0.4 is 51.4 Å². The zero-order valence-electron chi connectivity index (χ0n) is 42.2. The molecule has 0 aliphatic carbocycles. The summed E-state index contributed by atoms with van der Waals surface area (Å²) < 4.78 is 47.0. The Bertz CT molecular complexity index is 1380. The van der Waals surface area contributed by atoms with Crippen LogP contribution in [0.25, 0.3) is 0 Å². The van der Waals surface area contributed by atoms with Gasteiger partial charge in [0.25, 0.3) is 0 Å². The van der Waals surface area contributed by atoms with Gasteiger partial charge in [0.15, 0.2) is 0 Å². The van der Waals surface area contributed by atoms with Crippen molar-refractivity contribution in [2.75, 3.05) is 13.2 Å². The molecule has 7 nitrogen and oxygen atoms in total. The third-order valence-corrected chi connectivity index (χ3v) is 13.7. The van der Waals surface area contributed by atoms with E-state index in [-0.39, 0.29) is 70.2 Å². The van der Waals surface area contributed by atoms with Gasteiger partial charge < -0.3 is 14.0 Å². The van der Waals surface area contributed by atoms with E-state index >= 15 is 0 Å². The monoisotopic (exact) mass is 953 g/mol. The van der Waals surface area contributed by atoms with Gasteiger partial charge in [0.05, 0.1) is 29.2 Å². The largest absolute Gasteiger partial charge is 1.00 e. The van der Waals surface area contributed by atoms with E-state index < -0.39 is 32.5 Å². The number of benzene rings is 1. The first kappa shape index (κ1) is 64.2. The second kappa shape index (κ2) is 48.2. The van der Waals surface area contributed by atoms with Gasteiger partial charge in [-0.05, 0) is 50.7 Å². The van der Waals surface area contributed by atoms with Gasteiger partial charge in [-0.25, -0.2) is 18.0 Å². The van der Waals surface area contributed by atoms with Gasteiger partial charge in [-0.3, -0.25) is 0 Å². The minimum Gasteiger partial charge on any atom is -0.744 e. The third kappa shape index (κ3) is 39.7. The van der Waals surface area contributed by atoms with Gasteiger partial charge in [0, 0.05) is 0 Å². The Kier molecular flexibility index (Phi) is 47.6. The van der Waals surface area contributed by atoms with Crippen LogP contribution in [0.3, 0.4) is 0 Å². The van der Waals surface area contributed by atoms with Crippen LogP contribution in [0.1, 0.15) is 290 Å². The number of hydrogen-bond acceptors (Lipinski definition) is 7. The Balaban J connectivity index is 0.0000410. The summed E-state index contributed by atoms with van der Waals surface area (Å²) in [6, 6.07) is 3.65. The first-order valence-corrected chi connectivity index (χ1v) is 28.4. The Labute approximate surface area is 443 Å². The smallest absolute Gasteiger partial charge is 0.744 e. The molecule has 0 fully saturated rings. The van der Waals surface area contributed by atoms with E-state index in [0.29, 0.717) is 12.8 Å². The van der Waals surface area contributed by atoms with Crippen molar-refractivity contribution < 1.29 is 83.4 Å². The first-order valence-electron chi connectivity index (χ1n) is 27.0. The summed E-state index contributed by atoms with van der Waals surface area (Å²) in [5, 5.41) is 0. The molecule has 0 radical (unpaired) electrons. The zero-order chi connectivity index (χ0) is 46.4. The summed E-state index contributed by atoms with van der Waals surface area (Å²) in [4.78, 5) is 25.4. The summed E-state index contributed by atoms with van der Waals surface area (Å²) in [6.45, 7) is 7.84. The fraction of sp³-hybridized carbons (Fsp3) is 0.786. The zero-order valence-corrected chi connectivity index (χ0v) is 46.1. The molecule has 0 aliphatic rings. The molecule has 65 heavy (non-hydrogen) atoms. The Morgan fingerprint density at radius 2 is 0.662 bits per heavy atom. The van der Waals surface area contributed by atoms with Gasteiger partial charge in [-0.2, -0.15) is 0 Å². The van der Waals surface area contributed by atoms with Crippen LogP contribution in [-0.2, 0) is 19.6 Å². The molecule has 0 aromatic heterocycles. The van der Waals surface area contributed by atoms with Gasteiger partial charge >= 0.3 is 63.3 Å². The molecule has 0 bridgehead atoms. The van der Waals surface area contributed by atoms with Gasteiger partial charge in [0.2, 0.25) is 0 Å². The summed E-state index contributed by atoms with van der Waals surface area (Å²) in [5.41, 5.74) is -0.767. The van der Waals surface area contributed by atoms with Crippen molar-refractivity contribution in [2.24, 2.45) is 0 Å². The van der Waals surface area contributed by atoms with E-state index in [1.54, 1.807) is 0 Å². The van der Waals surface area contributed by atoms with Crippen molar-refractivity contribution >= 4 is 22.1 Å².